The summed E-state index contributed by atoms with van der Waals surface area (Å²) in [6.07, 6.45) is 1.19. The van der Waals surface area contributed by atoms with Crippen molar-refractivity contribution < 1.29 is 68.8 Å². The van der Waals surface area contributed by atoms with Crippen molar-refractivity contribution >= 4 is 29.2 Å². The van der Waals surface area contributed by atoms with Gasteiger partial charge in [-0.05, 0) is 160 Å². The van der Waals surface area contributed by atoms with Gasteiger partial charge in [-0.15, -0.1) is 0 Å². The lowest BCUT2D eigenvalue weighted by molar-refractivity contribution is -0.249. The van der Waals surface area contributed by atoms with Gasteiger partial charge in [-0.3, -0.25) is 24.0 Å². The molecular weight excluding hydrogens is 951 g/mol. The summed E-state index contributed by atoms with van der Waals surface area (Å²) in [7, 11) is 1.41. The molecule has 17 nitrogen and oxygen atoms in total. The average Bonchev–Trinajstić information content (AvgIpc) is 3.74. The van der Waals surface area contributed by atoms with Crippen LogP contribution in [0.2, 0.25) is 0 Å². The van der Waals surface area contributed by atoms with Crippen LogP contribution in [-0.2, 0) is 30.3 Å². The fourth-order valence-electron chi connectivity index (χ4n) is 15.6. The average molecular weight is 1030 g/mol. The molecule has 0 spiro atoms. The maximum Gasteiger partial charge on any atom is 0.242 e. The van der Waals surface area contributed by atoms with Crippen LogP contribution in [0.3, 0.4) is 0 Å². The molecule has 7 unspecified atom stereocenters. The number of hydrogen-bond donors (Lipinski definition) is 9. The monoisotopic (exact) mass is 1030 g/mol. The number of ketones is 3. The molecule has 0 radical (unpaired) electrons. The first kappa shape index (κ1) is 54.6. The number of benzene rings is 2. The predicted molar refractivity (Wildman–Crippen MR) is 270 cm³/mol. The molecule has 1 saturated heterocycles. The largest absolute Gasteiger partial charge is 0.496 e. The highest BCUT2D eigenvalue weighted by Gasteiger charge is 2.66. The minimum atomic E-state index is -2.11. The molecule has 18 atom stereocenters. The molecule has 2 aromatic rings. The summed E-state index contributed by atoms with van der Waals surface area (Å²) in [5.41, 5.74) is 4.48. The molecule has 1 aliphatic heterocycles. The highest BCUT2D eigenvalue weighted by Crippen LogP contribution is 2.68. The highest BCUT2D eigenvalue weighted by molar-refractivity contribution is 6.29. The maximum atomic E-state index is 14.3. The van der Waals surface area contributed by atoms with Crippen molar-refractivity contribution in [3.05, 3.63) is 63.7 Å². The summed E-state index contributed by atoms with van der Waals surface area (Å²) in [4.78, 5) is 69.2. The first-order valence-electron chi connectivity index (χ1n) is 27.3. The van der Waals surface area contributed by atoms with Gasteiger partial charge in [0.1, 0.15) is 30.1 Å². The second kappa shape index (κ2) is 21.3. The van der Waals surface area contributed by atoms with Crippen molar-refractivity contribution in [3.63, 3.8) is 0 Å². The molecule has 74 heavy (non-hydrogen) atoms. The first-order valence-corrected chi connectivity index (χ1v) is 27.3. The molecule has 6 aliphatic carbocycles. The quantitative estimate of drug-likeness (QED) is 0.0925. The molecule has 10 N–H and O–H groups in total. The predicted octanol–water partition coefficient (Wildman–Crippen LogP) is 3.74. The Morgan fingerprint density at radius 2 is 1.69 bits per heavy atom. The number of nitrogens with two attached hydrogens (primary N) is 1. The number of aliphatic hydroxyl groups is 6. The van der Waals surface area contributed by atoms with Crippen LogP contribution in [-0.4, -0.2) is 135 Å². The summed E-state index contributed by atoms with van der Waals surface area (Å²) < 4.78 is 18.1. The van der Waals surface area contributed by atoms with Gasteiger partial charge in [-0.2, -0.15) is 0 Å². The number of carbonyl (C=O) groups excluding carboxylic acids is 5. The number of carbonyl (C=O) groups is 5. The van der Waals surface area contributed by atoms with Crippen molar-refractivity contribution in [3.8, 4) is 5.75 Å². The van der Waals surface area contributed by atoms with Gasteiger partial charge < -0.3 is 61.2 Å². The zero-order valence-corrected chi connectivity index (χ0v) is 43.6. The second-order valence-corrected chi connectivity index (χ2v) is 23.8. The maximum absolute atomic E-state index is 14.3. The molecule has 0 bridgehead atoms. The van der Waals surface area contributed by atoms with E-state index in [2.05, 4.69) is 31.4 Å². The highest BCUT2D eigenvalue weighted by atomic mass is 16.7. The van der Waals surface area contributed by atoms with E-state index in [1.54, 1.807) is 19.1 Å². The van der Waals surface area contributed by atoms with Crippen molar-refractivity contribution in [2.45, 2.75) is 185 Å². The second-order valence-electron chi connectivity index (χ2n) is 23.8. The Morgan fingerprint density at radius 3 is 2.42 bits per heavy atom. The Balaban J connectivity index is 0.866. The van der Waals surface area contributed by atoms with E-state index >= 15 is 0 Å². The van der Waals surface area contributed by atoms with Crippen molar-refractivity contribution in [1.29, 1.82) is 0 Å². The van der Waals surface area contributed by atoms with Crippen molar-refractivity contribution in [2.24, 2.45) is 52.1 Å². The van der Waals surface area contributed by atoms with E-state index in [9.17, 15) is 54.6 Å². The molecule has 7 aliphatic rings. The molecule has 1 heterocycles. The number of amides is 2. The number of rotatable bonds is 16. The van der Waals surface area contributed by atoms with Crippen LogP contribution in [0.5, 0.6) is 5.75 Å². The van der Waals surface area contributed by atoms with Gasteiger partial charge in [0.05, 0.1) is 49.2 Å². The van der Waals surface area contributed by atoms with Gasteiger partial charge in [0.15, 0.2) is 23.6 Å². The van der Waals surface area contributed by atoms with E-state index < -0.39 is 89.8 Å². The molecule has 2 aromatic carbocycles. The number of fused-ring (bicyclic) bond motifs is 8. The SMILES string of the molecule is COc1cccc2c1C(=O)c1cc3c(cc1C2=O)C[C@@](O)(C(=O)CO)CC3OC1CC(NC(=O)C(CCCCN)NC(=O)CC[C@@H](C)[C@H]2CCC3[C@@H]4[C@H](O)C[C@@H]5C[C@H](O)CC[C@]5(C)[C@H]4C[C@H](O)[C@@]32C)C(O)C(C)O1. The fraction of sp³-hybridized carbons (Fsp3) is 0.702. The minimum absolute atomic E-state index is 0.0323. The molecule has 406 valence electrons. The van der Waals surface area contributed by atoms with Crippen LogP contribution < -0.4 is 21.1 Å². The molecule has 17 heteroatoms. The summed E-state index contributed by atoms with van der Waals surface area (Å²) in [6.45, 7) is 7.70. The number of Topliss-reactive ketones (excluding diaryl/α,β-unsaturated/α-hetero) is 1. The number of hydrogen-bond acceptors (Lipinski definition) is 15. The Bertz CT molecular complexity index is 2490. The summed E-state index contributed by atoms with van der Waals surface area (Å²) in [5.74, 6) is -1.51. The Morgan fingerprint density at radius 1 is 0.932 bits per heavy atom. The van der Waals surface area contributed by atoms with E-state index in [1.807, 2.05) is 0 Å². The van der Waals surface area contributed by atoms with E-state index in [0.717, 1.165) is 25.7 Å². The van der Waals surface area contributed by atoms with Gasteiger partial charge in [0, 0.05) is 42.4 Å². The Labute approximate surface area is 433 Å². The first-order chi connectivity index (χ1) is 35.2. The van der Waals surface area contributed by atoms with Gasteiger partial charge >= 0.3 is 0 Å². The smallest absolute Gasteiger partial charge is 0.242 e. The molecule has 2 amide bonds. The third-order valence-corrected chi connectivity index (χ3v) is 19.8. The number of ether oxygens (including phenoxy) is 3. The zero-order valence-electron chi connectivity index (χ0n) is 43.6. The van der Waals surface area contributed by atoms with Crippen LogP contribution >= 0.6 is 0 Å². The van der Waals surface area contributed by atoms with E-state index in [4.69, 9.17) is 19.9 Å². The molecule has 9 rings (SSSR count). The number of aliphatic hydroxyl groups excluding tert-OH is 5. The van der Waals surface area contributed by atoms with Crippen molar-refractivity contribution in [2.75, 3.05) is 20.3 Å². The fourth-order valence-corrected chi connectivity index (χ4v) is 15.6. The summed E-state index contributed by atoms with van der Waals surface area (Å²) in [5, 5.41) is 73.4. The zero-order chi connectivity index (χ0) is 53.2. The lowest BCUT2D eigenvalue weighted by atomic mass is 9.43. The van der Waals surface area contributed by atoms with Crippen LogP contribution in [0, 0.1) is 46.3 Å². The Kier molecular flexibility index (Phi) is 15.7. The normalized spacial score (nSPS) is 38.0. The van der Waals surface area contributed by atoms with E-state index in [-0.39, 0.29) is 113 Å². The van der Waals surface area contributed by atoms with Gasteiger partial charge in [0.2, 0.25) is 11.8 Å². The lowest BCUT2D eigenvalue weighted by Gasteiger charge is -2.63. The van der Waals surface area contributed by atoms with Crippen LogP contribution in [0.15, 0.2) is 30.3 Å². The molecule has 0 aromatic heterocycles. The summed E-state index contributed by atoms with van der Waals surface area (Å²) >= 11 is 0. The lowest BCUT2D eigenvalue weighted by Crippen LogP contribution is -2.62. The number of methoxy groups -OCH3 is 1. The standard InChI is InChI=1S/C57H79N3O14/c1-28(37-13-14-38-50-39(23-45(64)56(37,38)4)55(3)17-16-32(62)20-31(55)21-42(50)63)12-15-47(66)59-40(10-6-7-18-58)54(70)60-41-24-48(73-29(2)51(41)67)74-44-26-57(71,46(65)27-61)25-30-19-35-36(22-34(30)44)53(69)49-33(52(35)68)9-8-11-43(49)72-5/h8-9,11,19,22,28-29,31-32,37-42,44-45,48,50-51,61-64,67,71H,6-7,10,12-18,20-21,23-27,58H2,1-5H3,(H,59,66)(H,60,70)/t28-,29?,31+,32-,37-,38?,39+,40?,41?,42-,44?,45+,48?,50+,51?,55+,56-,57+/m1/s1. The van der Waals surface area contributed by atoms with Gasteiger partial charge in [-0.1, -0.05) is 32.9 Å². The number of nitrogens with one attached hydrogen (secondary N) is 2. The van der Waals surface area contributed by atoms with Crippen LogP contribution in [0.1, 0.15) is 167 Å². The minimum Gasteiger partial charge on any atom is -0.496 e. The molecular formula is C57H79N3O14. The van der Waals surface area contributed by atoms with E-state index in [0.29, 0.717) is 56.2 Å². The van der Waals surface area contributed by atoms with E-state index in [1.165, 1.54) is 25.3 Å². The molecule has 5 fully saturated rings. The topological polar surface area (TPSA) is 284 Å². The Hall–Kier alpha value is -4.17. The third-order valence-electron chi connectivity index (χ3n) is 19.8. The summed E-state index contributed by atoms with van der Waals surface area (Å²) in [6, 6.07) is 5.85. The van der Waals surface area contributed by atoms with Gasteiger partial charge in [0.25, 0.3) is 0 Å². The van der Waals surface area contributed by atoms with Crippen molar-refractivity contribution in [1.82, 2.24) is 10.6 Å². The van der Waals surface area contributed by atoms with Crippen LogP contribution in [0.4, 0.5) is 0 Å². The molecule has 4 saturated carbocycles. The number of unbranched alkanes of at least 4 members (excludes halogenated alkanes) is 1. The third kappa shape index (κ3) is 9.69. The van der Waals surface area contributed by atoms with Crippen LogP contribution in [0.25, 0.3) is 0 Å². The van der Waals surface area contributed by atoms with Gasteiger partial charge in [-0.25, -0.2) is 0 Å².